The highest BCUT2D eigenvalue weighted by Crippen LogP contribution is 2.77. The number of hydrogen-bond acceptors (Lipinski definition) is 3. The third-order valence-corrected chi connectivity index (χ3v) is 12.6. The van der Waals surface area contributed by atoms with Crippen LogP contribution in [0.1, 0.15) is 113 Å². The number of aliphatic hydroxyl groups excluding tert-OH is 1. The standard InChI is InChI=1S/C30H50O4/c1-8-21-26(34)29(7)23-11-10-22(19(4)9-12-25(32)33)27(23,5)15-14-24(29)28(6)16-13-20(31)17-30(21,28)18(2)3/h18-24,31H,8-17H2,1-7H3,(H,32,33)/t19-,20-,21+,22-,23?,24?,27-,28-,29+,30-/m1/s1. The molecule has 4 fully saturated rings. The molecule has 34 heavy (non-hydrogen) atoms. The molecular weight excluding hydrogens is 424 g/mol. The highest BCUT2D eigenvalue weighted by atomic mass is 16.4. The fourth-order valence-corrected chi connectivity index (χ4v) is 11.3. The van der Waals surface area contributed by atoms with Crippen LogP contribution in [0.5, 0.6) is 0 Å². The van der Waals surface area contributed by atoms with Gasteiger partial charge in [0.2, 0.25) is 0 Å². The second-order valence-corrected chi connectivity index (χ2v) is 13.9. The van der Waals surface area contributed by atoms with E-state index in [9.17, 15) is 19.8 Å². The van der Waals surface area contributed by atoms with Gasteiger partial charge in [-0.2, -0.15) is 0 Å². The summed E-state index contributed by atoms with van der Waals surface area (Å²) < 4.78 is 0. The molecule has 2 N–H and O–H groups in total. The molecule has 0 bridgehead atoms. The molecule has 0 radical (unpaired) electrons. The van der Waals surface area contributed by atoms with E-state index in [0.717, 1.165) is 57.8 Å². The summed E-state index contributed by atoms with van der Waals surface area (Å²) in [5.41, 5.74) is -0.261. The quantitative estimate of drug-likeness (QED) is 0.447. The van der Waals surface area contributed by atoms with E-state index < -0.39 is 5.97 Å². The number of carboxylic acids is 1. The van der Waals surface area contributed by atoms with E-state index in [1.165, 1.54) is 0 Å². The number of aliphatic hydroxyl groups is 1. The van der Waals surface area contributed by atoms with Crippen LogP contribution in [0.3, 0.4) is 0 Å². The molecule has 0 aromatic heterocycles. The predicted octanol–water partition coefficient (Wildman–Crippen LogP) is 6.74. The Morgan fingerprint density at radius 3 is 2.29 bits per heavy atom. The Morgan fingerprint density at radius 2 is 1.71 bits per heavy atom. The summed E-state index contributed by atoms with van der Waals surface area (Å²) in [7, 11) is 0. The molecule has 4 nitrogen and oxygen atoms in total. The number of fused-ring (bicyclic) bond motifs is 5. The van der Waals surface area contributed by atoms with Crippen LogP contribution in [-0.2, 0) is 9.59 Å². The molecule has 2 unspecified atom stereocenters. The molecule has 0 amide bonds. The van der Waals surface area contributed by atoms with Crippen LogP contribution in [0.4, 0.5) is 0 Å². The first-order valence-electron chi connectivity index (χ1n) is 14.2. The number of carbonyl (C=O) groups excluding carboxylic acids is 1. The van der Waals surface area contributed by atoms with Crippen molar-refractivity contribution in [1.29, 1.82) is 0 Å². The lowest BCUT2D eigenvalue weighted by Crippen LogP contribution is -2.71. The van der Waals surface area contributed by atoms with E-state index in [1.807, 2.05) is 0 Å². The Morgan fingerprint density at radius 1 is 1.03 bits per heavy atom. The number of carboxylic acid groups (broad SMARTS) is 1. The Bertz CT molecular complexity index is 821. The maximum Gasteiger partial charge on any atom is 0.303 e. The van der Waals surface area contributed by atoms with Gasteiger partial charge in [0.25, 0.3) is 0 Å². The van der Waals surface area contributed by atoms with E-state index in [0.29, 0.717) is 35.4 Å². The minimum absolute atomic E-state index is 0.0135. The molecule has 4 heteroatoms. The van der Waals surface area contributed by atoms with Crippen LogP contribution in [0.25, 0.3) is 0 Å². The largest absolute Gasteiger partial charge is 0.481 e. The van der Waals surface area contributed by atoms with Crippen LogP contribution in [0.15, 0.2) is 0 Å². The van der Waals surface area contributed by atoms with Gasteiger partial charge in [0, 0.05) is 17.8 Å². The van der Waals surface area contributed by atoms with Gasteiger partial charge in [0.05, 0.1) is 6.10 Å². The normalized spacial score (nSPS) is 49.3. The number of aliphatic carboxylic acids is 1. The van der Waals surface area contributed by atoms with Crippen LogP contribution in [0, 0.1) is 57.2 Å². The SMILES string of the molecule is CC[C@H]1C(=O)[C@@]2(C)C3CC[C@H]([C@H](C)CCC(=O)O)[C@@]3(C)CCC2[C@@]2(C)CC[C@@H](O)C[C@@]12C(C)C. The van der Waals surface area contributed by atoms with Crippen LogP contribution >= 0.6 is 0 Å². The van der Waals surface area contributed by atoms with Crippen molar-refractivity contribution in [2.24, 2.45) is 57.2 Å². The van der Waals surface area contributed by atoms with E-state index >= 15 is 0 Å². The smallest absolute Gasteiger partial charge is 0.303 e. The molecule has 4 rings (SSSR count). The van der Waals surface area contributed by atoms with Crippen molar-refractivity contribution in [1.82, 2.24) is 0 Å². The number of carbonyl (C=O) groups is 2. The predicted molar refractivity (Wildman–Crippen MR) is 135 cm³/mol. The Hall–Kier alpha value is -0.900. The minimum Gasteiger partial charge on any atom is -0.481 e. The zero-order valence-corrected chi connectivity index (χ0v) is 22.8. The Labute approximate surface area is 207 Å². The van der Waals surface area contributed by atoms with E-state index in [2.05, 4.69) is 48.5 Å². The summed E-state index contributed by atoms with van der Waals surface area (Å²) in [6.45, 7) is 16.3. The van der Waals surface area contributed by atoms with Gasteiger partial charge in [-0.15, -0.1) is 0 Å². The molecular formula is C30H50O4. The third kappa shape index (κ3) is 3.25. The van der Waals surface area contributed by atoms with E-state index in [4.69, 9.17) is 0 Å². The minimum atomic E-state index is -0.701. The van der Waals surface area contributed by atoms with Gasteiger partial charge in [-0.3, -0.25) is 9.59 Å². The lowest BCUT2D eigenvalue weighted by molar-refractivity contribution is -0.240. The molecule has 4 aliphatic carbocycles. The third-order valence-electron chi connectivity index (χ3n) is 12.6. The maximum absolute atomic E-state index is 14.7. The molecule has 0 aliphatic heterocycles. The molecule has 0 heterocycles. The fraction of sp³-hybridized carbons (Fsp3) is 0.933. The second-order valence-electron chi connectivity index (χ2n) is 13.9. The first-order valence-corrected chi connectivity index (χ1v) is 14.2. The number of hydrogen-bond donors (Lipinski definition) is 2. The summed E-state index contributed by atoms with van der Waals surface area (Å²) in [5, 5.41) is 20.1. The Kier molecular flexibility index (Phi) is 6.62. The van der Waals surface area contributed by atoms with Crippen molar-refractivity contribution in [2.75, 3.05) is 0 Å². The topological polar surface area (TPSA) is 74.6 Å². The van der Waals surface area contributed by atoms with Crippen LogP contribution in [-0.4, -0.2) is 28.1 Å². The molecule has 194 valence electrons. The van der Waals surface area contributed by atoms with Gasteiger partial charge < -0.3 is 10.2 Å². The maximum atomic E-state index is 14.7. The molecule has 10 atom stereocenters. The lowest BCUT2D eigenvalue weighted by atomic mass is 9.31. The van der Waals surface area contributed by atoms with Gasteiger partial charge in [-0.25, -0.2) is 0 Å². The first kappa shape index (κ1) is 26.2. The number of rotatable bonds is 6. The molecule has 0 aromatic carbocycles. The zero-order valence-electron chi connectivity index (χ0n) is 22.8. The van der Waals surface area contributed by atoms with Crippen molar-refractivity contribution < 1.29 is 19.8 Å². The summed E-state index contributed by atoms with van der Waals surface area (Å²) in [6.07, 6.45) is 8.68. The van der Waals surface area contributed by atoms with Crippen LogP contribution < -0.4 is 0 Å². The summed E-state index contributed by atoms with van der Waals surface area (Å²) in [5.74, 6) is 1.80. The van der Waals surface area contributed by atoms with Gasteiger partial charge >= 0.3 is 5.97 Å². The van der Waals surface area contributed by atoms with E-state index in [1.54, 1.807) is 0 Å². The summed E-state index contributed by atoms with van der Waals surface area (Å²) >= 11 is 0. The lowest BCUT2D eigenvalue weighted by Gasteiger charge is -2.72. The van der Waals surface area contributed by atoms with E-state index in [-0.39, 0.29) is 40.1 Å². The zero-order chi connectivity index (χ0) is 25.3. The highest BCUT2D eigenvalue weighted by Gasteiger charge is 2.74. The summed E-state index contributed by atoms with van der Waals surface area (Å²) in [6, 6.07) is 0. The van der Waals surface area contributed by atoms with Crippen molar-refractivity contribution in [3.05, 3.63) is 0 Å². The molecule has 0 saturated heterocycles. The van der Waals surface area contributed by atoms with Gasteiger partial charge in [-0.05, 0) is 104 Å². The summed E-state index contributed by atoms with van der Waals surface area (Å²) in [4.78, 5) is 26.0. The average molecular weight is 475 g/mol. The number of Topliss-reactive ketones (excluding diaryl/α,β-unsaturated/α-hetero) is 1. The van der Waals surface area contributed by atoms with Gasteiger partial charge in [0.15, 0.2) is 0 Å². The highest BCUT2D eigenvalue weighted by molar-refractivity contribution is 5.90. The second kappa shape index (κ2) is 8.60. The van der Waals surface area contributed by atoms with Crippen molar-refractivity contribution in [3.63, 3.8) is 0 Å². The molecule has 4 saturated carbocycles. The van der Waals surface area contributed by atoms with Crippen molar-refractivity contribution in [3.8, 4) is 0 Å². The first-order chi connectivity index (χ1) is 15.8. The van der Waals surface area contributed by atoms with Crippen molar-refractivity contribution >= 4 is 11.8 Å². The van der Waals surface area contributed by atoms with Gasteiger partial charge in [0.1, 0.15) is 5.78 Å². The molecule has 0 spiro atoms. The van der Waals surface area contributed by atoms with Crippen LogP contribution in [0.2, 0.25) is 0 Å². The molecule has 0 aromatic rings. The Balaban J connectivity index is 1.77. The monoisotopic (exact) mass is 474 g/mol. The van der Waals surface area contributed by atoms with Gasteiger partial charge in [-0.1, -0.05) is 48.5 Å². The van der Waals surface area contributed by atoms with Crippen molar-refractivity contribution in [2.45, 2.75) is 119 Å². The number of ketones is 1. The fourth-order valence-electron chi connectivity index (χ4n) is 11.3. The molecule has 4 aliphatic rings. The average Bonchev–Trinajstić information content (AvgIpc) is 3.12.